The van der Waals surface area contributed by atoms with E-state index in [1.807, 2.05) is 0 Å². The number of methoxy groups -OCH3 is 1. The number of alkyl halides is 3. The summed E-state index contributed by atoms with van der Waals surface area (Å²) in [6, 6.07) is 1.68. The lowest BCUT2D eigenvalue weighted by Gasteiger charge is -2.24. The van der Waals surface area contributed by atoms with Crippen molar-refractivity contribution in [1.82, 2.24) is 4.98 Å². The normalized spacial score (nSPS) is 24.5. The Labute approximate surface area is 161 Å². The standard InChI is InChI=1S/C19H18F3NO4.CH4/c1-27-8-2-3-13-12(6-7-14(23-13)19(20,21)22)18(26)15-16(24)10-4-5-11(9-10)17(15)25;/h2-3,6-7,10-11,15H,4-5,8-9H2,1H3;1H4/b3-2-;. The molecule has 0 N–H and O–H groups in total. The molecule has 1 aromatic heterocycles. The van der Waals surface area contributed by atoms with Gasteiger partial charge < -0.3 is 4.74 Å². The number of pyridine rings is 1. The van der Waals surface area contributed by atoms with Gasteiger partial charge in [0.05, 0.1) is 12.3 Å². The second-order valence-electron chi connectivity index (χ2n) is 6.79. The molecule has 8 heteroatoms. The van der Waals surface area contributed by atoms with Crippen LogP contribution in [0.25, 0.3) is 6.08 Å². The number of halogens is 3. The monoisotopic (exact) mass is 397 g/mol. The second kappa shape index (κ2) is 8.34. The van der Waals surface area contributed by atoms with Gasteiger partial charge in [0.25, 0.3) is 0 Å². The van der Waals surface area contributed by atoms with E-state index in [1.165, 1.54) is 19.3 Å². The van der Waals surface area contributed by atoms with Crippen LogP contribution in [0.4, 0.5) is 13.2 Å². The van der Waals surface area contributed by atoms with Crippen LogP contribution < -0.4 is 0 Å². The van der Waals surface area contributed by atoms with Gasteiger partial charge >= 0.3 is 6.18 Å². The summed E-state index contributed by atoms with van der Waals surface area (Å²) in [5.74, 6) is -3.71. The largest absolute Gasteiger partial charge is 0.433 e. The molecule has 2 fully saturated rings. The SMILES string of the molecule is C.COC/C=C\c1nc(C(F)(F)F)ccc1C(=O)C1C(=O)C2CCC(C2)C1=O. The van der Waals surface area contributed by atoms with Gasteiger partial charge in [0.2, 0.25) is 0 Å². The lowest BCUT2D eigenvalue weighted by molar-refractivity contribution is -0.141. The van der Waals surface area contributed by atoms with Crippen molar-refractivity contribution in [2.24, 2.45) is 17.8 Å². The number of nitrogens with zero attached hydrogens (tertiary/aromatic N) is 1. The van der Waals surface area contributed by atoms with Gasteiger partial charge in [-0.25, -0.2) is 4.98 Å². The molecule has 1 heterocycles. The predicted octanol–water partition coefficient (Wildman–Crippen LogP) is 3.76. The maximum absolute atomic E-state index is 13.0. The lowest BCUT2D eigenvalue weighted by atomic mass is 9.75. The number of Topliss-reactive ketones (excluding diaryl/α,β-unsaturated/α-hetero) is 3. The van der Waals surface area contributed by atoms with E-state index in [-0.39, 0.29) is 37.1 Å². The van der Waals surface area contributed by atoms with E-state index in [0.29, 0.717) is 25.3 Å². The summed E-state index contributed by atoms with van der Waals surface area (Å²) in [6.45, 7) is 0.108. The van der Waals surface area contributed by atoms with Crippen molar-refractivity contribution in [1.29, 1.82) is 0 Å². The molecule has 2 atom stereocenters. The predicted molar refractivity (Wildman–Crippen MR) is 95.5 cm³/mol. The number of carbonyl (C=O) groups excluding carboxylic acids is 3. The summed E-state index contributed by atoms with van der Waals surface area (Å²) in [4.78, 5) is 41.5. The van der Waals surface area contributed by atoms with E-state index in [4.69, 9.17) is 4.74 Å². The molecule has 2 bridgehead atoms. The Bertz CT molecular complexity index is 794. The minimum Gasteiger partial charge on any atom is -0.381 e. The minimum absolute atomic E-state index is 0. The number of fused-ring (bicyclic) bond motifs is 2. The maximum atomic E-state index is 13.0. The Hall–Kier alpha value is -2.35. The van der Waals surface area contributed by atoms with Crippen molar-refractivity contribution in [2.45, 2.75) is 32.9 Å². The Morgan fingerprint density at radius 2 is 1.82 bits per heavy atom. The molecule has 0 aromatic carbocycles. The number of ketones is 3. The van der Waals surface area contributed by atoms with Crippen molar-refractivity contribution >= 4 is 23.4 Å². The highest BCUT2D eigenvalue weighted by molar-refractivity contribution is 6.27. The first-order valence-electron chi connectivity index (χ1n) is 8.59. The Morgan fingerprint density at radius 3 is 2.36 bits per heavy atom. The molecule has 0 amide bonds. The molecule has 0 saturated heterocycles. The molecule has 2 unspecified atom stereocenters. The molecule has 0 aliphatic heterocycles. The van der Waals surface area contributed by atoms with Gasteiger partial charge in [-0.15, -0.1) is 0 Å². The van der Waals surface area contributed by atoms with Crippen LogP contribution in [-0.2, 0) is 20.5 Å². The molecule has 28 heavy (non-hydrogen) atoms. The third kappa shape index (κ3) is 4.06. The first kappa shape index (κ1) is 21.9. The number of rotatable bonds is 5. The summed E-state index contributed by atoms with van der Waals surface area (Å²) in [5.41, 5.74) is -1.55. The third-order valence-electron chi connectivity index (χ3n) is 5.09. The Morgan fingerprint density at radius 1 is 1.21 bits per heavy atom. The van der Waals surface area contributed by atoms with Crippen molar-refractivity contribution in [2.75, 3.05) is 13.7 Å². The Kier molecular flexibility index (Phi) is 6.54. The van der Waals surface area contributed by atoms with Crippen LogP contribution in [0.5, 0.6) is 0 Å². The van der Waals surface area contributed by atoms with Crippen molar-refractivity contribution in [3.05, 3.63) is 35.2 Å². The number of hydrogen-bond donors (Lipinski definition) is 0. The maximum Gasteiger partial charge on any atom is 0.433 e. The van der Waals surface area contributed by atoms with Crippen molar-refractivity contribution in [3.63, 3.8) is 0 Å². The molecule has 2 saturated carbocycles. The topological polar surface area (TPSA) is 73.3 Å². The first-order chi connectivity index (χ1) is 12.7. The highest BCUT2D eigenvalue weighted by atomic mass is 19.4. The van der Waals surface area contributed by atoms with Crippen LogP contribution in [0.1, 0.15) is 48.4 Å². The van der Waals surface area contributed by atoms with E-state index >= 15 is 0 Å². The molecule has 5 nitrogen and oxygen atoms in total. The molecular formula is C20H22F3NO4. The fraction of sp³-hybridized carbons (Fsp3) is 0.500. The van der Waals surface area contributed by atoms with Gasteiger partial charge in [-0.2, -0.15) is 13.2 Å². The summed E-state index contributed by atoms with van der Waals surface area (Å²) in [7, 11) is 1.41. The summed E-state index contributed by atoms with van der Waals surface area (Å²) in [5, 5.41) is 0. The quantitative estimate of drug-likeness (QED) is 0.559. The van der Waals surface area contributed by atoms with Crippen LogP contribution in [0.15, 0.2) is 18.2 Å². The van der Waals surface area contributed by atoms with E-state index in [9.17, 15) is 27.6 Å². The zero-order chi connectivity index (χ0) is 19.8. The van der Waals surface area contributed by atoms with Gasteiger partial charge in [-0.05, 0) is 37.5 Å². The van der Waals surface area contributed by atoms with Gasteiger partial charge in [0.1, 0.15) is 11.6 Å². The first-order valence-corrected chi connectivity index (χ1v) is 8.59. The highest BCUT2D eigenvalue weighted by Crippen LogP contribution is 2.41. The van der Waals surface area contributed by atoms with Gasteiger partial charge in [0, 0.05) is 24.5 Å². The van der Waals surface area contributed by atoms with Gasteiger partial charge in [-0.3, -0.25) is 14.4 Å². The fourth-order valence-electron chi connectivity index (χ4n) is 3.75. The molecule has 2 aliphatic rings. The van der Waals surface area contributed by atoms with Crippen LogP contribution in [0.3, 0.4) is 0 Å². The minimum atomic E-state index is -4.68. The molecule has 0 radical (unpaired) electrons. The third-order valence-corrected chi connectivity index (χ3v) is 5.09. The number of carbonyl (C=O) groups is 3. The van der Waals surface area contributed by atoms with E-state index < -0.39 is 35.1 Å². The van der Waals surface area contributed by atoms with Crippen LogP contribution in [-0.4, -0.2) is 36.1 Å². The van der Waals surface area contributed by atoms with Crippen LogP contribution >= 0.6 is 0 Å². The van der Waals surface area contributed by atoms with Gasteiger partial charge in [0.15, 0.2) is 17.3 Å². The number of hydrogen-bond acceptors (Lipinski definition) is 5. The van der Waals surface area contributed by atoms with Gasteiger partial charge in [-0.1, -0.05) is 13.5 Å². The van der Waals surface area contributed by atoms with E-state index in [2.05, 4.69) is 4.98 Å². The zero-order valence-corrected chi connectivity index (χ0v) is 14.6. The van der Waals surface area contributed by atoms with E-state index in [0.717, 1.165) is 6.07 Å². The average molecular weight is 397 g/mol. The van der Waals surface area contributed by atoms with Crippen LogP contribution in [0.2, 0.25) is 0 Å². The number of aromatic nitrogens is 1. The molecule has 0 spiro atoms. The van der Waals surface area contributed by atoms with E-state index in [1.54, 1.807) is 0 Å². The second-order valence-corrected chi connectivity index (χ2v) is 6.79. The lowest BCUT2D eigenvalue weighted by Crippen LogP contribution is -2.41. The summed E-state index contributed by atoms with van der Waals surface area (Å²) in [6.07, 6.45) is -0.421. The molecule has 2 aliphatic carbocycles. The number of ether oxygens (including phenoxy) is 1. The fourth-order valence-corrected chi connectivity index (χ4v) is 3.75. The summed E-state index contributed by atoms with van der Waals surface area (Å²) < 4.78 is 43.7. The van der Waals surface area contributed by atoms with Crippen LogP contribution in [0, 0.1) is 17.8 Å². The molecule has 3 rings (SSSR count). The van der Waals surface area contributed by atoms with Crippen molar-refractivity contribution < 1.29 is 32.3 Å². The molecular weight excluding hydrogens is 375 g/mol. The smallest absolute Gasteiger partial charge is 0.381 e. The summed E-state index contributed by atoms with van der Waals surface area (Å²) >= 11 is 0. The molecule has 152 valence electrons. The average Bonchev–Trinajstić information content (AvgIpc) is 3.07. The van der Waals surface area contributed by atoms with Crippen molar-refractivity contribution in [3.8, 4) is 0 Å². The zero-order valence-electron chi connectivity index (χ0n) is 14.6. The highest BCUT2D eigenvalue weighted by Gasteiger charge is 2.50. The Balaban J connectivity index is 0.00000280. The molecule has 1 aromatic rings.